The molecule has 3 heterocycles. The van der Waals surface area contributed by atoms with Gasteiger partial charge in [0.05, 0.1) is 11.2 Å². The van der Waals surface area contributed by atoms with Crippen molar-refractivity contribution >= 4 is 71.4 Å². The van der Waals surface area contributed by atoms with Crippen molar-refractivity contribution in [2.24, 2.45) is 7.05 Å². The van der Waals surface area contributed by atoms with E-state index in [0.29, 0.717) is 5.71 Å². The number of aryl methyl sites for hydroxylation is 1. The molecule has 5 aromatic carbocycles. The second kappa shape index (κ2) is 8.94. The Bertz CT molecular complexity index is 2560. The first-order valence-corrected chi connectivity index (χ1v) is 14.5. The number of aromatic nitrogens is 1. The van der Waals surface area contributed by atoms with Gasteiger partial charge < -0.3 is 18.8 Å². The van der Waals surface area contributed by atoms with E-state index in [1.54, 1.807) is 0 Å². The van der Waals surface area contributed by atoms with E-state index in [-0.39, 0.29) is 0 Å². The summed E-state index contributed by atoms with van der Waals surface area (Å²) < 4.78 is 14.9. The number of rotatable bonds is 3. The van der Waals surface area contributed by atoms with E-state index >= 15 is 0 Å². The molecule has 0 fully saturated rings. The highest BCUT2D eigenvalue weighted by Gasteiger charge is 2.22. The van der Waals surface area contributed by atoms with Crippen molar-refractivity contribution in [1.82, 2.24) is 4.57 Å². The lowest BCUT2D eigenvalue weighted by Crippen LogP contribution is -2.01. The van der Waals surface area contributed by atoms with Crippen LogP contribution in [-0.2, 0) is 7.05 Å². The lowest BCUT2D eigenvalue weighted by Gasteiger charge is -2.09. The summed E-state index contributed by atoms with van der Waals surface area (Å²) in [6.07, 6.45) is 11.1. The van der Waals surface area contributed by atoms with E-state index in [0.717, 1.165) is 94.4 Å². The summed E-state index contributed by atoms with van der Waals surface area (Å²) >= 11 is 0. The minimum Gasteiger partial charge on any atom is -0.456 e. The smallest absolute Gasteiger partial charge is 0.136 e. The van der Waals surface area contributed by atoms with Crippen LogP contribution in [0, 0.1) is 5.41 Å². The van der Waals surface area contributed by atoms with Crippen LogP contribution in [0.2, 0.25) is 0 Å². The third-order valence-electron chi connectivity index (χ3n) is 8.85. The maximum Gasteiger partial charge on any atom is 0.136 e. The van der Waals surface area contributed by atoms with Crippen LogP contribution < -0.4 is 0 Å². The van der Waals surface area contributed by atoms with Gasteiger partial charge in [-0.15, -0.1) is 0 Å². The monoisotopic (exact) mass is 554 g/mol. The molecule has 3 aromatic heterocycles. The van der Waals surface area contributed by atoms with Crippen molar-refractivity contribution in [2.45, 2.75) is 6.42 Å². The number of allylic oxidation sites excluding steroid dienone is 6. The normalized spacial score (nSPS) is 14.5. The largest absolute Gasteiger partial charge is 0.456 e. The Kier molecular flexibility index (Phi) is 5.00. The van der Waals surface area contributed by atoms with Crippen molar-refractivity contribution < 1.29 is 8.83 Å². The maximum atomic E-state index is 9.23. The van der Waals surface area contributed by atoms with Crippen LogP contribution in [0.4, 0.5) is 0 Å². The Hall–Kier alpha value is -5.61. The molecule has 1 aliphatic carbocycles. The van der Waals surface area contributed by atoms with Crippen molar-refractivity contribution in [3.63, 3.8) is 0 Å². The van der Waals surface area contributed by atoms with E-state index in [9.17, 15) is 5.41 Å². The average molecular weight is 555 g/mol. The summed E-state index contributed by atoms with van der Waals surface area (Å²) in [6.45, 7) is 0. The highest BCUT2D eigenvalue weighted by molar-refractivity contribution is 6.32. The fourth-order valence-electron chi connectivity index (χ4n) is 6.83. The van der Waals surface area contributed by atoms with Crippen LogP contribution in [0.1, 0.15) is 12.0 Å². The van der Waals surface area contributed by atoms with Crippen molar-refractivity contribution in [1.29, 1.82) is 5.41 Å². The summed E-state index contributed by atoms with van der Waals surface area (Å²) in [5.41, 5.74) is 10.3. The fourth-order valence-corrected chi connectivity index (χ4v) is 6.83. The number of benzene rings is 5. The summed E-state index contributed by atoms with van der Waals surface area (Å²) in [6, 6.07) is 31.6. The Morgan fingerprint density at radius 1 is 0.698 bits per heavy atom. The molecule has 0 unspecified atom stereocenters. The molecule has 43 heavy (non-hydrogen) atoms. The quantitative estimate of drug-likeness (QED) is 0.221. The van der Waals surface area contributed by atoms with Crippen LogP contribution in [0.3, 0.4) is 0 Å². The summed E-state index contributed by atoms with van der Waals surface area (Å²) in [7, 11) is 2.10. The first-order chi connectivity index (χ1) is 21.1. The average Bonchev–Trinajstić information content (AvgIpc) is 3.70. The first-order valence-electron chi connectivity index (χ1n) is 14.5. The molecule has 0 saturated heterocycles. The van der Waals surface area contributed by atoms with Gasteiger partial charge in [-0.1, -0.05) is 72.8 Å². The van der Waals surface area contributed by atoms with Gasteiger partial charge in [-0.2, -0.15) is 0 Å². The third-order valence-corrected chi connectivity index (χ3v) is 8.85. The molecule has 0 saturated carbocycles. The van der Waals surface area contributed by atoms with E-state index in [1.807, 2.05) is 48.6 Å². The van der Waals surface area contributed by atoms with Gasteiger partial charge in [0.1, 0.15) is 22.3 Å². The van der Waals surface area contributed by atoms with Crippen molar-refractivity contribution in [3.05, 3.63) is 133 Å². The van der Waals surface area contributed by atoms with Crippen molar-refractivity contribution in [2.75, 3.05) is 0 Å². The van der Waals surface area contributed by atoms with E-state index < -0.39 is 0 Å². The van der Waals surface area contributed by atoms with Crippen LogP contribution in [0.25, 0.3) is 76.8 Å². The molecule has 1 aliphatic rings. The third kappa shape index (κ3) is 3.53. The molecule has 9 rings (SSSR count). The van der Waals surface area contributed by atoms with Gasteiger partial charge in [0.2, 0.25) is 0 Å². The Morgan fingerprint density at radius 3 is 2.26 bits per heavy atom. The highest BCUT2D eigenvalue weighted by atomic mass is 16.3. The molecule has 0 aliphatic heterocycles. The van der Waals surface area contributed by atoms with Gasteiger partial charge in [0, 0.05) is 50.4 Å². The van der Waals surface area contributed by atoms with Crippen molar-refractivity contribution in [3.8, 4) is 11.1 Å². The summed E-state index contributed by atoms with van der Waals surface area (Å²) in [4.78, 5) is 0. The van der Waals surface area contributed by atoms with E-state index in [4.69, 9.17) is 8.83 Å². The molecule has 0 radical (unpaired) electrons. The molecule has 0 amide bonds. The Balaban J connectivity index is 1.33. The lowest BCUT2D eigenvalue weighted by molar-refractivity contribution is 0.668. The second-order valence-corrected chi connectivity index (χ2v) is 11.3. The van der Waals surface area contributed by atoms with E-state index in [1.165, 1.54) is 0 Å². The minimum atomic E-state index is 0.476. The molecule has 4 nitrogen and oxygen atoms in total. The molecule has 4 heteroatoms. The van der Waals surface area contributed by atoms with Gasteiger partial charge in [-0.05, 0) is 71.7 Å². The van der Waals surface area contributed by atoms with Crippen LogP contribution >= 0.6 is 0 Å². The van der Waals surface area contributed by atoms with Crippen LogP contribution in [0.15, 0.2) is 136 Å². The zero-order valence-electron chi connectivity index (χ0n) is 23.5. The predicted molar refractivity (Wildman–Crippen MR) is 178 cm³/mol. The SMILES string of the molecule is Cn1c2ccc(-c3ccc4c(c3)oc3ccccc34)cc2c2c3c(cc(C(=N)/C=C4/C=CC=CC4)c21)oc1ccccc13. The summed E-state index contributed by atoms with van der Waals surface area (Å²) in [5, 5.41) is 15.9. The number of hydrogen-bond donors (Lipinski definition) is 1. The summed E-state index contributed by atoms with van der Waals surface area (Å²) in [5.74, 6) is 0. The second-order valence-electron chi connectivity index (χ2n) is 11.3. The minimum absolute atomic E-state index is 0.476. The van der Waals surface area contributed by atoms with Gasteiger partial charge in [0.25, 0.3) is 0 Å². The molecule has 204 valence electrons. The molecule has 0 bridgehead atoms. The number of fused-ring (bicyclic) bond motifs is 10. The molecular formula is C39H26N2O2. The Labute approximate surface area is 246 Å². The van der Waals surface area contributed by atoms with Crippen LogP contribution in [-0.4, -0.2) is 10.3 Å². The van der Waals surface area contributed by atoms with Gasteiger partial charge in [-0.3, -0.25) is 0 Å². The molecule has 1 N–H and O–H groups in total. The van der Waals surface area contributed by atoms with Gasteiger partial charge in [-0.25, -0.2) is 0 Å². The van der Waals surface area contributed by atoms with Gasteiger partial charge >= 0.3 is 0 Å². The molecule has 8 aromatic rings. The lowest BCUT2D eigenvalue weighted by atomic mass is 9.96. The zero-order valence-corrected chi connectivity index (χ0v) is 23.5. The molecule has 0 spiro atoms. The maximum absolute atomic E-state index is 9.23. The van der Waals surface area contributed by atoms with E-state index in [2.05, 4.69) is 84.4 Å². The fraction of sp³-hybridized carbons (Fsp3) is 0.0513. The number of furan rings is 2. The number of hydrogen-bond acceptors (Lipinski definition) is 3. The molecule has 0 atom stereocenters. The van der Waals surface area contributed by atoms with Crippen LogP contribution in [0.5, 0.6) is 0 Å². The zero-order chi connectivity index (χ0) is 28.7. The molecular weight excluding hydrogens is 528 g/mol. The number of nitrogens with zero attached hydrogens (tertiary/aromatic N) is 1. The van der Waals surface area contributed by atoms with Gasteiger partial charge in [0.15, 0.2) is 0 Å². The highest BCUT2D eigenvalue weighted by Crippen LogP contribution is 2.43. The number of nitrogens with one attached hydrogen (secondary N) is 1. The number of para-hydroxylation sites is 2. The Morgan fingerprint density at radius 2 is 1.42 bits per heavy atom. The standard InChI is InChI=1S/C39H26N2O2/c1-41-32-18-16-24(25-15-17-27-26-11-5-7-13-33(26)42-35(27)21-25)20-30(32)38-37-28-12-6-8-14-34(28)43-36(37)22-29(39(38)41)31(40)19-23-9-3-2-4-10-23/h2-9,11-22,40H,10H2,1H3/b23-19-,40-31?. The predicted octanol–water partition coefficient (Wildman–Crippen LogP) is 10.6. The topological polar surface area (TPSA) is 55.1 Å². The first kappa shape index (κ1) is 24.0.